The molecule has 1 aliphatic rings. The van der Waals surface area contributed by atoms with Gasteiger partial charge in [0.15, 0.2) is 0 Å². The molecule has 1 aliphatic heterocycles. The third kappa shape index (κ3) is 3.56. The summed E-state index contributed by atoms with van der Waals surface area (Å²) in [6.07, 6.45) is 2.55. The van der Waals surface area contributed by atoms with Gasteiger partial charge in [-0.1, -0.05) is 6.92 Å². The van der Waals surface area contributed by atoms with Crippen molar-refractivity contribution < 1.29 is 9.59 Å². The summed E-state index contributed by atoms with van der Waals surface area (Å²) in [7, 11) is 0. The highest BCUT2D eigenvalue weighted by Crippen LogP contribution is 2.29. The molecule has 126 valence electrons. The van der Waals surface area contributed by atoms with Gasteiger partial charge in [-0.05, 0) is 37.5 Å². The Bertz CT molecular complexity index is 759. The summed E-state index contributed by atoms with van der Waals surface area (Å²) < 4.78 is 0. The predicted octanol–water partition coefficient (Wildman–Crippen LogP) is 2.76. The number of hydrogen-bond donors (Lipinski definition) is 3. The second kappa shape index (κ2) is 7.00. The Labute approximate surface area is 144 Å². The summed E-state index contributed by atoms with van der Waals surface area (Å²) in [5.74, 6) is -0.0267. The molecular weight excluding hydrogens is 324 g/mol. The van der Waals surface area contributed by atoms with E-state index in [1.807, 2.05) is 25.3 Å². The number of urea groups is 1. The fourth-order valence-corrected chi connectivity index (χ4v) is 3.46. The van der Waals surface area contributed by atoms with Gasteiger partial charge in [0.25, 0.3) is 0 Å². The summed E-state index contributed by atoms with van der Waals surface area (Å²) >= 11 is 1.63. The molecule has 0 bridgehead atoms. The van der Waals surface area contributed by atoms with Gasteiger partial charge < -0.3 is 16.0 Å². The molecule has 7 heteroatoms. The Balaban J connectivity index is 1.74. The maximum absolute atomic E-state index is 12.3. The first-order valence-corrected chi connectivity index (χ1v) is 8.78. The van der Waals surface area contributed by atoms with E-state index in [-0.39, 0.29) is 11.8 Å². The van der Waals surface area contributed by atoms with Gasteiger partial charge in [-0.2, -0.15) is 0 Å². The van der Waals surface area contributed by atoms with Crippen LogP contribution in [0.2, 0.25) is 0 Å². The van der Waals surface area contributed by atoms with E-state index in [9.17, 15) is 9.59 Å². The Morgan fingerprint density at radius 2 is 2.29 bits per heavy atom. The highest BCUT2D eigenvalue weighted by atomic mass is 32.1. The molecule has 0 saturated carbocycles. The minimum Gasteiger partial charge on any atom is -0.354 e. The highest BCUT2D eigenvalue weighted by molar-refractivity contribution is 7.10. The van der Waals surface area contributed by atoms with Gasteiger partial charge in [0, 0.05) is 28.6 Å². The lowest BCUT2D eigenvalue weighted by atomic mass is 9.94. The third-order valence-corrected chi connectivity index (χ3v) is 4.96. The molecule has 0 aromatic carbocycles. The highest BCUT2D eigenvalue weighted by Gasteiger charge is 2.30. The number of pyridine rings is 1. The number of aromatic nitrogens is 1. The molecular formula is C17H20N4O2S. The van der Waals surface area contributed by atoms with E-state index in [2.05, 4.69) is 20.9 Å². The van der Waals surface area contributed by atoms with Gasteiger partial charge in [0.2, 0.25) is 5.91 Å². The van der Waals surface area contributed by atoms with Gasteiger partial charge in [-0.25, -0.2) is 4.79 Å². The lowest BCUT2D eigenvalue weighted by Gasteiger charge is -2.29. The maximum atomic E-state index is 12.3. The molecule has 0 radical (unpaired) electrons. The number of nitrogens with one attached hydrogen (secondary N) is 3. The van der Waals surface area contributed by atoms with Crippen LogP contribution in [0.15, 0.2) is 29.8 Å². The smallest absolute Gasteiger partial charge is 0.319 e. The quantitative estimate of drug-likeness (QED) is 0.800. The van der Waals surface area contributed by atoms with E-state index >= 15 is 0 Å². The van der Waals surface area contributed by atoms with Crippen LogP contribution in [0.5, 0.6) is 0 Å². The Hall–Kier alpha value is -2.41. The SMILES string of the molecule is Cc1cc(-c2ncccc2NC(=O)N[C@H]2C(=O)NCC[C@@H]2C)cs1. The van der Waals surface area contributed by atoms with E-state index in [0.29, 0.717) is 12.2 Å². The Morgan fingerprint density at radius 1 is 1.46 bits per heavy atom. The molecule has 24 heavy (non-hydrogen) atoms. The lowest BCUT2D eigenvalue weighted by Crippen LogP contribution is -2.55. The minimum absolute atomic E-state index is 0.109. The second-order valence-electron chi connectivity index (χ2n) is 5.98. The summed E-state index contributed by atoms with van der Waals surface area (Å²) in [6, 6.07) is 4.70. The van der Waals surface area contributed by atoms with Crippen molar-refractivity contribution in [3.05, 3.63) is 34.7 Å². The first-order chi connectivity index (χ1) is 11.5. The van der Waals surface area contributed by atoms with Crippen LogP contribution in [-0.4, -0.2) is 29.5 Å². The van der Waals surface area contributed by atoms with Crippen molar-refractivity contribution in [3.8, 4) is 11.3 Å². The van der Waals surface area contributed by atoms with Crippen molar-refractivity contribution in [2.75, 3.05) is 11.9 Å². The molecule has 0 aliphatic carbocycles. The Morgan fingerprint density at radius 3 is 3.00 bits per heavy atom. The van der Waals surface area contributed by atoms with Gasteiger partial charge in [0.1, 0.15) is 6.04 Å². The molecule has 3 amide bonds. The molecule has 3 rings (SSSR count). The average molecular weight is 344 g/mol. The monoisotopic (exact) mass is 344 g/mol. The van der Waals surface area contributed by atoms with E-state index in [1.165, 1.54) is 4.88 Å². The fourth-order valence-electron chi connectivity index (χ4n) is 2.77. The largest absolute Gasteiger partial charge is 0.354 e. The molecule has 2 aromatic rings. The Kier molecular flexibility index (Phi) is 4.80. The van der Waals surface area contributed by atoms with Crippen LogP contribution in [0.3, 0.4) is 0 Å². The number of amides is 3. The van der Waals surface area contributed by atoms with E-state index in [0.717, 1.165) is 17.7 Å². The van der Waals surface area contributed by atoms with Gasteiger partial charge in [-0.3, -0.25) is 9.78 Å². The number of anilines is 1. The first kappa shape index (κ1) is 16.4. The van der Waals surface area contributed by atoms with E-state index in [1.54, 1.807) is 29.7 Å². The van der Waals surface area contributed by atoms with Crippen LogP contribution >= 0.6 is 11.3 Å². The van der Waals surface area contributed by atoms with Crippen molar-refractivity contribution in [3.63, 3.8) is 0 Å². The normalized spacial score (nSPS) is 20.3. The molecule has 0 spiro atoms. The van der Waals surface area contributed by atoms with Crippen molar-refractivity contribution >= 4 is 29.0 Å². The van der Waals surface area contributed by atoms with Crippen LogP contribution in [0.25, 0.3) is 11.3 Å². The minimum atomic E-state index is -0.512. The maximum Gasteiger partial charge on any atom is 0.319 e. The predicted molar refractivity (Wildman–Crippen MR) is 95.0 cm³/mol. The molecule has 0 unspecified atom stereocenters. The first-order valence-electron chi connectivity index (χ1n) is 7.90. The number of carbonyl (C=O) groups excluding carboxylic acids is 2. The van der Waals surface area contributed by atoms with Gasteiger partial charge >= 0.3 is 6.03 Å². The number of piperidine rings is 1. The number of nitrogens with zero attached hydrogens (tertiary/aromatic N) is 1. The number of carbonyl (C=O) groups is 2. The molecule has 6 nitrogen and oxygen atoms in total. The van der Waals surface area contributed by atoms with Crippen LogP contribution in [-0.2, 0) is 4.79 Å². The standard InChI is InChI=1S/C17H20N4O2S/c1-10-5-7-19-16(22)14(10)21-17(23)20-13-4-3-6-18-15(13)12-8-11(2)24-9-12/h3-4,6,8-10,14H,5,7H2,1-2H3,(H,19,22)(H2,20,21,23)/t10-,14+/m0/s1. The summed E-state index contributed by atoms with van der Waals surface area (Å²) in [4.78, 5) is 29.8. The van der Waals surface area contributed by atoms with Crippen molar-refractivity contribution in [2.45, 2.75) is 26.3 Å². The van der Waals surface area contributed by atoms with Crippen molar-refractivity contribution in [1.29, 1.82) is 0 Å². The molecule has 2 aromatic heterocycles. The average Bonchev–Trinajstić information content (AvgIpc) is 2.98. The van der Waals surface area contributed by atoms with Crippen LogP contribution in [0, 0.1) is 12.8 Å². The van der Waals surface area contributed by atoms with Crippen LogP contribution < -0.4 is 16.0 Å². The molecule has 3 heterocycles. The number of rotatable bonds is 3. The number of hydrogen-bond acceptors (Lipinski definition) is 4. The van der Waals surface area contributed by atoms with E-state index in [4.69, 9.17) is 0 Å². The van der Waals surface area contributed by atoms with Gasteiger partial charge in [-0.15, -0.1) is 11.3 Å². The van der Waals surface area contributed by atoms with Crippen molar-refractivity contribution in [2.24, 2.45) is 5.92 Å². The van der Waals surface area contributed by atoms with Gasteiger partial charge in [0.05, 0.1) is 11.4 Å². The van der Waals surface area contributed by atoms with Crippen LogP contribution in [0.4, 0.5) is 10.5 Å². The third-order valence-electron chi connectivity index (χ3n) is 4.10. The zero-order valence-electron chi connectivity index (χ0n) is 13.6. The van der Waals surface area contributed by atoms with Crippen molar-refractivity contribution in [1.82, 2.24) is 15.6 Å². The summed E-state index contributed by atoms with van der Waals surface area (Å²) in [6.45, 7) is 4.65. The fraction of sp³-hybridized carbons (Fsp3) is 0.353. The zero-order valence-corrected chi connectivity index (χ0v) is 14.4. The lowest BCUT2D eigenvalue weighted by molar-refractivity contribution is -0.125. The molecule has 3 N–H and O–H groups in total. The van der Waals surface area contributed by atoms with Crippen LogP contribution in [0.1, 0.15) is 18.2 Å². The number of thiophene rings is 1. The summed E-state index contributed by atoms with van der Waals surface area (Å²) in [5.41, 5.74) is 2.31. The summed E-state index contributed by atoms with van der Waals surface area (Å²) in [5, 5.41) is 10.4. The second-order valence-corrected chi connectivity index (χ2v) is 7.09. The molecule has 1 saturated heterocycles. The molecule has 1 fully saturated rings. The molecule has 2 atom stereocenters. The topological polar surface area (TPSA) is 83.1 Å². The zero-order chi connectivity index (χ0) is 17.1. The van der Waals surface area contributed by atoms with E-state index < -0.39 is 12.1 Å². The number of aryl methyl sites for hydroxylation is 1.